The van der Waals surface area contributed by atoms with Crippen LogP contribution < -0.4 is 4.74 Å². The zero-order valence-corrected chi connectivity index (χ0v) is 14.1. The predicted molar refractivity (Wildman–Crippen MR) is 57.4 cm³/mol. The summed E-state index contributed by atoms with van der Waals surface area (Å²) in [6.45, 7) is 0.705. The van der Waals surface area contributed by atoms with E-state index in [1.165, 1.54) is 5.56 Å². The first-order valence-corrected chi connectivity index (χ1v) is 4.72. The van der Waals surface area contributed by atoms with Gasteiger partial charge in [-0.25, -0.2) is 0 Å². The van der Waals surface area contributed by atoms with Gasteiger partial charge < -0.3 is 4.74 Å². The third kappa shape index (κ3) is 3.82. The molecule has 1 aliphatic heterocycles. The maximum atomic E-state index is 8.34. The Bertz CT molecular complexity index is 289. The molecule has 0 fully saturated rings. The fourth-order valence-electron chi connectivity index (χ4n) is 1.06. The molecule has 0 unspecified atom stereocenters. The Morgan fingerprint density at radius 1 is 1.23 bits per heavy atom. The standard InChI is InChI=1S/C9H8O.O.Sb.Sn.3H/c1-2-6-9-8(4-1)5-3-7-10-9;;;;;;/h1-6H,7H2;;;;;;. The van der Waals surface area contributed by atoms with Gasteiger partial charge in [0.2, 0.25) is 0 Å². The van der Waals surface area contributed by atoms with Gasteiger partial charge in [0, 0.05) is 5.56 Å². The van der Waals surface area contributed by atoms with E-state index in [2.05, 4.69) is 6.08 Å². The second-order valence-corrected chi connectivity index (χ2v) is 2.25. The molecule has 1 aromatic rings. The van der Waals surface area contributed by atoms with Gasteiger partial charge in [0.1, 0.15) is 12.4 Å². The molecule has 0 aromatic heterocycles. The van der Waals surface area contributed by atoms with Crippen LogP contribution >= 0.6 is 0 Å². The molecule has 2 nitrogen and oxygen atoms in total. The number of hydrogen-bond donors (Lipinski definition) is 0. The normalized spacial score (nSPS) is 11.1. The second-order valence-electron chi connectivity index (χ2n) is 2.25. The van der Waals surface area contributed by atoms with Crippen molar-refractivity contribution >= 4 is 53.0 Å². The van der Waals surface area contributed by atoms with Crippen LogP contribution in [-0.4, -0.2) is 53.5 Å². The van der Waals surface area contributed by atoms with Crippen molar-refractivity contribution < 1.29 is 7.81 Å². The first-order chi connectivity index (χ1) is 5.97. The third-order valence-electron chi connectivity index (χ3n) is 1.55. The molecule has 2 radical (unpaired) electrons. The molecule has 0 bridgehead atoms. The summed E-state index contributed by atoms with van der Waals surface area (Å²) in [6, 6.07) is 8.03. The first kappa shape index (κ1) is 13.2. The van der Waals surface area contributed by atoms with Crippen molar-refractivity contribution in [3.8, 4) is 5.75 Å². The van der Waals surface area contributed by atoms with Gasteiger partial charge in [-0.1, -0.05) is 24.3 Å². The number of ether oxygens (including phenoxy) is 1. The van der Waals surface area contributed by atoms with Gasteiger partial charge in [-0.2, -0.15) is 0 Å². The SMILES string of the molecule is C1=Cc2ccccc2OC1.[O]=[Sn].[SbH3]. The van der Waals surface area contributed by atoms with E-state index in [9.17, 15) is 0 Å². The Labute approximate surface area is 108 Å². The van der Waals surface area contributed by atoms with Crippen molar-refractivity contribution in [2.75, 3.05) is 6.61 Å². The average Bonchev–Trinajstić information content (AvgIpc) is 2.21. The Balaban J connectivity index is 0.000000451. The molecule has 0 saturated carbocycles. The van der Waals surface area contributed by atoms with Crippen LogP contribution in [0.15, 0.2) is 30.3 Å². The van der Waals surface area contributed by atoms with Crippen LogP contribution in [0.4, 0.5) is 0 Å². The summed E-state index contributed by atoms with van der Waals surface area (Å²) in [6.07, 6.45) is 4.10. The van der Waals surface area contributed by atoms with Crippen LogP contribution in [0, 0.1) is 0 Å². The summed E-state index contributed by atoms with van der Waals surface area (Å²) in [5.74, 6) is 0.991. The number of hydrogen-bond acceptors (Lipinski definition) is 2. The van der Waals surface area contributed by atoms with Gasteiger partial charge in [0.15, 0.2) is 0 Å². The summed E-state index contributed by atoms with van der Waals surface area (Å²) in [4.78, 5) is 0. The van der Waals surface area contributed by atoms with Crippen molar-refractivity contribution in [1.82, 2.24) is 0 Å². The van der Waals surface area contributed by atoms with Crippen molar-refractivity contribution in [2.45, 2.75) is 0 Å². The molecular weight excluding hydrogens is 381 g/mol. The van der Waals surface area contributed by atoms with E-state index >= 15 is 0 Å². The molecule has 0 aliphatic carbocycles. The Kier molecular flexibility index (Phi) is 7.67. The maximum absolute atomic E-state index is 8.34. The summed E-state index contributed by atoms with van der Waals surface area (Å²) in [7, 11) is 0. The third-order valence-corrected chi connectivity index (χ3v) is 1.55. The number of rotatable bonds is 0. The van der Waals surface area contributed by atoms with Gasteiger partial charge in [0.05, 0.1) is 0 Å². The number of para-hydroxylation sites is 1. The first-order valence-electron chi connectivity index (χ1n) is 3.55. The summed E-state index contributed by atoms with van der Waals surface area (Å²) >= 11 is 0.300. The van der Waals surface area contributed by atoms with Crippen LogP contribution in [0.25, 0.3) is 6.08 Å². The molecule has 0 N–H and O–H groups in total. The molecule has 1 aliphatic rings. The molecule has 0 saturated heterocycles. The van der Waals surface area contributed by atoms with E-state index in [1.54, 1.807) is 0 Å². The van der Waals surface area contributed by atoms with E-state index in [4.69, 9.17) is 7.81 Å². The molecule has 1 heterocycles. The Morgan fingerprint density at radius 3 is 2.62 bits per heavy atom. The fraction of sp³-hybridized carbons (Fsp3) is 0.111. The van der Waals surface area contributed by atoms with Crippen LogP contribution in [0.2, 0.25) is 0 Å². The molecule has 0 amide bonds. The number of benzene rings is 1. The van der Waals surface area contributed by atoms with Gasteiger partial charge in [-0.05, 0) is 12.1 Å². The van der Waals surface area contributed by atoms with Crippen LogP contribution in [0.3, 0.4) is 0 Å². The molecule has 0 spiro atoms. The van der Waals surface area contributed by atoms with E-state index in [1.807, 2.05) is 30.3 Å². The van der Waals surface area contributed by atoms with Crippen molar-refractivity contribution in [3.05, 3.63) is 35.9 Å². The van der Waals surface area contributed by atoms with E-state index < -0.39 is 0 Å². The van der Waals surface area contributed by atoms with Crippen LogP contribution in [-0.2, 0) is 3.08 Å². The topological polar surface area (TPSA) is 26.3 Å². The summed E-state index contributed by atoms with van der Waals surface area (Å²) < 4.78 is 13.7. The molecule has 2 rings (SSSR count). The molecule has 4 heteroatoms. The Morgan fingerprint density at radius 2 is 1.92 bits per heavy atom. The van der Waals surface area contributed by atoms with Gasteiger partial charge >= 0.3 is 50.0 Å². The van der Waals surface area contributed by atoms with Gasteiger partial charge in [0.25, 0.3) is 0 Å². The number of fused-ring (bicyclic) bond motifs is 1. The molecule has 13 heavy (non-hydrogen) atoms. The fourth-order valence-corrected chi connectivity index (χ4v) is 1.06. The average molecular weight is 392 g/mol. The van der Waals surface area contributed by atoms with E-state index in [-0.39, 0.29) is 24.4 Å². The quantitative estimate of drug-likeness (QED) is 0.599. The summed E-state index contributed by atoms with van der Waals surface area (Å²) in [5, 5.41) is 0. The van der Waals surface area contributed by atoms with Crippen LogP contribution in [0.1, 0.15) is 5.56 Å². The van der Waals surface area contributed by atoms with Crippen molar-refractivity contribution in [3.63, 3.8) is 0 Å². The molecule has 68 valence electrons. The second kappa shape index (κ2) is 7.57. The van der Waals surface area contributed by atoms with Crippen molar-refractivity contribution in [1.29, 1.82) is 0 Å². The molecular formula is C9H11O2SbSn. The zero-order valence-electron chi connectivity index (χ0n) is 7.19. The zero-order chi connectivity index (χ0) is 8.81. The monoisotopic (exact) mass is 392 g/mol. The van der Waals surface area contributed by atoms with Gasteiger partial charge in [-0.15, -0.1) is 0 Å². The minimum absolute atomic E-state index is 0. The van der Waals surface area contributed by atoms with Crippen LogP contribution in [0.5, 0.6) is 5.75 Å². The summed E-state index contributed by atoms with van der Waals surface area (Å²) in [5.41, 5.74) is 1.17. The molecule has 0 atom stereocenters. The minimum atomic E-state index is 0. The van der Waals surface area contributed by atoms with Gasteiger partial charge in [-0.3, -0.25) is 0 Å². The predicted octanol–water partition coefficient (Wildman–Crippen LogP) is 0.409. The van der Waals surface area contributed by atoms with Crippen molar-refractivity contribution in [2.24, 2.45) is 0 Å². The Hall–Kier alpha value is 0.177. The van der Waals surface area contributed by atoms with E-state index in [0.29, 0.717) is 29.1 Å². The molecule has 1 aromatic carbocycles. The van der Waals surface area contributed by atoms with E-state index in [0.717, 1.165) is 5.75 Å².